The average Bonchev–Trinajstić information content (AvgIpc) is 2.95. The minimum absolute atomic E-state index is 0.150. The quantitative estimate of drug-likeness (QED) is 0.478. The highest BCUT2D eigenvalue weighted by Crippen LogP contribution is 2.39. The standard InChI is InChI=1S/C10H17FN2O3/c1-6(2)5-7(8(14)13-16)12-9(15)10(11)3-4-10/h6-7,16H,3-5H2,1-2H3,(H,12,15)(H,13,14). The molecule has 0 saturated heterocycles. The molecule has 0 radical (unpaired) electrons. The average molecular weight is 232 g/mol. The maximum atomic E-state index is 13.4. The van der Waals surface area contributed by atoms with Gasteiger partial charge in [0.15, 0.2) is 5.67 Å². The van der Waals surface area contributed by atoms with Crippen LogP contribution in [-0.2, 0) is 9.59 Å². The SMILES string of the molecule is CC(C)CC(NC(=O)C1(F)CC1)C(=O)NO. The van der Waals surface area contributed by atoms with Gasteiger partial charge in [-0.3, -0.25) is 14.8 Å². The van der Waals surface area contributed by atoms with Gasteiger partial charge >= 0.3 is 0 Å². The van der Waals surface area contributed by atoms with Gasteiger partial charge in [-0.2, -0.15) is 0 Å². The van der Waals surface area contributed by atoms with Gasteiger partial charge in [0.1, 0.15) is 6.04 Å². The Morgan fingerprint density at radius 1 is 1.44 bits per heavy atom. The van der Waals surface area contributed by atoms with E-state index in [0.29, 0.717) is 6.42 Å². The molecule has 0 heterocycles. The van der Waals surface area contributed by atoms with Gasteiger partial charge in [-0.25, -0.2) is 9.87 Å². The Hall–Kier alpha value is -1.17. The Kier molecular flexibility index (Phi) is 3.85. The van der Waals surface area contributed by atoms with E-state index in [1.165, 1.54) is 5.48 Å². The van der Waals surface area contributed by atoms with Gasteiger partial charge in [0.05, 0.1) is 0 Å². The fraction of sp³-hybridized carbons (Fsp3) is 0.800. The van der Waals surface area contributed by atoms with Crippen molar-refractivity contribution in [2.24, 2.45) is 5.92 Å². The summed E-state index contributed by atoms with van der Waals surface area (Å²) in [7, 11) is 0. The Morgan fingerprint density at radius 3 is 2.38 bits per heavy atom. The summed E-state index contributed by atoms with van der Waals surface area (Å²) < 4.78 is 13.4. The van der Waals surface area contributed by atoms with E-state index in [0.717, 1.165) is 0 Å². The number of rotatable bonds is 5. The van der Waals surface area contributed by atoms with Crippen LogP contribution in [0.3, 0.4) is 0 Å². The number of carbonyl (C=O) groups excluding carboxylic acids is 2. The molecular weight excluding hydrogens is 215 g/mol. The molecule has 0 aromatic rings. The Morgan fingerprint density at radius 2 is 2.00 bits per heavy atom. The van der Waals surface area contributed by atoms with Crippen LogP contribution in [0.5, 0.6) is 0 Å². The number of alkyl halides is 1. The Bertz CT molecular complexity index is 290. The molecule has 0 spiro atoms. The smallest absolute Gasteiger partial charge is 0.265 e. The summed E-state index contributed by atoms with van der Waals surface area (Å²) >= 11 is 0. The molecule has 16 heavy (non-hydrogen) atoms. The third kappa shape index (κ3) is 3.16. The van der Waals surface area contributed by atoms with Crippen molar-refractivity contribution in [3.05, 3.63) is 0 Å². The van der Waals surface area contributed by atoms with Gasteiger partial charge in [-0.05, 0) is 25.2 Å². The molecule has 0 aliphatic heterocycles. The zero-order chi connectivity index (χ0) is 12.3. The van der Waals surface area contributed by atoms with Gasteiger partial charge in [-0.15, -0.1) is 0 Å². The summed E-state index contributed by atoms with van der Waals surface area (Å²) in [6, 6.07) is -0.884. The maximum Gasteiger partial charge on any atom is 0.265 e. The van der Waals surface area contributed by atoms with Crippen LogP contribution < -0.4 is 10.8 Å². The topological polar surface area (TPSA) is 78.4 Å². The fourth-order valence-electron chi connectivity index (χ4n) is 1.41. The minimum Gasteiger partial charge on any atom is -0.341 e. The zero-order valence-electron chi connectivity index (χ0n) is 9.42. The molecule has 1 atom stereocenters. The van der Waals surface area contributed by atoms with Crippen molar-refractivity contribution in [3.8, 4) is 0 Å². The lowest BCUT2D eigenvalue weighted by Gasteiger charge is -2.19. The van der Waals surface area contributed by atoms with E-state index < -0.39 is 23.5 Å². The van der Waals surface area contributed by atoms with Crippen molar-refractivity contribution >= 4 is 11.8 Å². The number of carbonyl (C=O) groups is 2. The van der Waals surface area contributed by atoms with Crippen LogP contribution in [0.1, 0.15) is 33.1 Å². The van der Waals surface area contributed by atoms with Crippen molar-refractivity contribution in [2.45, 2.75) is 44.8 Å². The van der Waals surface area contributed by atoms with E-state index in [2.05, 4.69) is 5.32 Å². The van der Waals surface area contributed by atoms with Gasteiger partial charge in [0.25, 0.3) is 11.8 Å². The van der Waals surface area contributed by atoms with Gasteiger partial charge in [-0.1, -0.05) is 13.8 Å². The first-order chi connectivity index (χ1) is 7.39. The van der Waals surface area contributed by atoms with Crippen molar-refractivity contribution in [2.75, 3.05) is 0 Å². The second kappa shape index (κ2) is 4.78. The highest BCUT2D eigenvalue weighted by Gasteiger charge is 2.51. The predicted octanol–water partition coefficient (Wildman–Crippen LogP) is 0.525. The van der Waals surface area contributed by atoms with Gasteiger partial charge in [0.2, 0.25) is 0 Å². The highest BCUT2D eigenvalue weighted by molar-refractivity contribution is 5.92. The molecule has 2 amide bonds. The molecular formula is C10H17FN2O3. The lowest BCUT2D eigenvalue weighted by atomic mass is 10.0. The van der Waals surface area contributed by atoms with Crippen LogP contribution in [0.4, 0.5) is 4.39 Å². The Balaban J connectivity index is 2.56. The highest BCUT2D eigenvalue weighted by atomic mass is 19.1. The maximum absolute atomic E-state index is 13.4. The number of hydrogen-bond acceptors (Lipinski definition) is 3. The van der Waals surface area contributed by atoms with Crippen molar-refractivity contribution in [3.63, 3.8) is 0 Å². The van der Waals surface area contributed by atoms with Crippen molar-refractivity contribution in [1.82, 2.24) is 10.8 Å². The summed E-state index contributed by atoms with van der Waals surface area (Å²) in [4.78, 5) is 22.6. The molecule has 0 aromatic heterocycles. The molecule has 1 aliphatic carbocycles. The number of halogens is 1. The zero-order valence-corrected chi connectivity index (χ0v) is 9.42. The fourth-order valence-corrected chi connectivity index (χ4v) is 1.41. The summed E-state index contributed by atoms with van der Waals surface area (Å²) in [5, 5.41) is 10.8. The van der Waals surface area contributed by atoms with E-state index >= 15 is 0 Å². The molecule has 1 saturated carbocycles. The van der Waals surface area contributed by atoms with Gasteiger partial charge in [0, 0.05) is 0 Å². The van der Waals surface area contributed by atoms with E-state index in [1.807, 2.05) is 13.8 Å². The molecule has 0 bridgehead atoms. The lowest BCUT2D eigenvalue weighted by molar-refractivity contribution is -0.137. The summed E-state index contributed by atoms with van der Waals surface area (Å²) in [6.45, 7) is 3.73. The molecule has 1 aliphatic rings. The third-order valence-corrected chi connectivity index (χ3v) is 2.54. The normalized spacial score (nSPS) is 19.1. The molecule has 6 heteroatoms. The van der Waals surface area contributed by atoms with E-state index in [9.17, 15) is 14.0 Å². The van der Waals surface area contributed by atoms with Crippen LogP contribution in [0.2, 0.25) is 0 Å². The van der Waals surface area contributed by atoms with Crippen LogP contribution in [0.15, 0.2) is 0 Å². The minimum atomic E-state index is -1.80. The summed E-state index contributed by atoms with van der Waals surface area (Å²) in [5.41, 5.74) is -0.329. The van der Waals surface area contributed by atoms with Crippen LogP contribution in [-0.4, -0.2) is 28.7 Å². The monoisotopic (exact) mass is 232 g/mol. The van der Waals surface area contributed by atoms with E-state index in [4.69, 9.17) is 5.21 Å². The molecule has 3 N–H and O–H groups in total. The van der Waals surface area contributed by atoms with Gasteiger partial charge < -0.3 is 5.32 Å². The predicted molar refractivity (Wildman–Crippen MR) is 54.4 cm³/mol. The van der Waals surface area contributed by atoms with Crippen LogP contribution in [0, 0.1) is 5.92 Å². The number of amides is 2. The summed E-state index contributed by atoms with van der Waals surface area (Å²) in [6.07, 6.45) is 0.760. The van der Waals surface area contributed by atoms with E-state index in [-0.39, 0.29) is 18.8 Å². The Labute approximate surface area is 93.4 Å². The van der Waals surface area contributed by atoms with Crippen LogP contribution >= 0.6 is 0 Å². The number of nitrogens with one attached hydrogen (secondary N) is 2. The number of hydroxylamine groups is 1. The second-order valence-corrected chi connectivity index (χ2v) is 4.60. The van der Waals surface area contributed by atoms with Crippen LogP contribution in [0.25, 0.3) is 0 Å². The third-order valence-electron chi connectivity index (χ3n) is 2.54. The molecule has 92 valence electrons. The first kappa shape index (κ1) is 12.9. The second-order valence-electron chi connectivity index (χ2n) is 4.60. The molecule has 0 aromatic carbocycles. The van der Waals surface area contributed by atoms with Crippen molar-refractivity contribution < 1.29 is 19.2 Å². The first-order valence-corrected chi connectivity index (χ1v) is 5.33. The molecule has 1 fully saturated rings. The lowest BCUT2D eigenvalue weighted by Crippen LogP contribution is -2.49. The number of hydrogen-bond donors (Lipinski definition) is 3. The largest absolute Gasteiger partial charge is 0.341 e. The summed E-state index contributed by atoms with van der Waals surface area (Å²) in [5.74, 6) is -1.33. The molecule has 1 rings (SSSR count). The molecule has 5 nitrogen and oxygen atoms in total. The molecule has 1 unspecified atom stereocenters. The first-order valence-electron chi connectivity index (χ1n) is 5.33. The van der Waals surface area contributed by atoms with E-state index in [1.54, 1.807) is 0 Å². The van der Waals surface area contributed by atoms with Crippen molar-refractivity contribution in [1.29, 1.82) is 0 Å².